The van der Waals surface area contributed by atoms with Gasteiger partial charge in [0, 0.05) is 22.6 Å². The van der Waals surface area contributed by atoms with Crippen molar-refractivity contribution in [2.75, 3.05) is 0 Å². The van der Waals surface area contributed by atoms with Gasteiger partial charge in [0.15, 0.2) is 0 Å². The molecule has 0 saturated carbocycles. The van der Waals surface area contributed by atoms with Crippen molar-refractivity contribution < 1.29 is 9.59 Å². The summed E-state index contributed by atoms with van der Waals surface area (Å²) in [4.78, 5) is 27.6. The van der Waals surface area contributed by atoms with Crippen molar-refractivity contribution in [3.63, 3.8) is 0 Å². The average molecular weight is 421 g/mol. The van der Waals surface area contributed by atoms with Crippen molar-refractivity contribution in [2.45, 2.75) is 52.2 Å². The fraction of sp³-hybridized carbons (Fsp3) is 0.364. The molecule has 0 fully saturated rings. The lowest BCUT2D eigenvalue weighted by atomic mass is 10.1. The Morgan fingerprint density at radius 2 is 1.68 bits per heavy atom. The summed E-state index contributed by atoms with van der Waals surface area (Å²) in [5.74, 6) is -0.298. The molecule has 6 heteroatoms. The number of hydrogen-bond acceptors (Lipinski definition) is 2. The van der Waals surface area contributed by atoms with Crippen LogP contribution in [0, 0.1) is 0 Å². The molecule has 2 aromatic carbocycles. The zero-order valence-electron chi connectivity index (χ0n) is 16.4. The molecule has 0 unspecified atom stereocenters. The molecule has 2 rings (SSSR count). The van der Waals surface area contributed by atoms with Crippen molar-refractivity contribution in [2.24, 2.45) is 0 Å². The molecule has 0 radical (unpaired) electrons. The van der Waals surface area contributed by atoms with Crippen LogP contribution in [0.3, 0.4) is 0 Å². The molecule has 0 heterocycles. The summed E-state index contributed by atoms with van der Waals surface area (Å²) in [5.41, 5.74) is 1.65. The summed E-state index contributed by atoms with van der Waals surface area (Å²) >= 11 is 12.2. The number of nitrogens with one attached hydrogen (secondary N) is 1. The van der Waals surface area contributed by atoms with Gasteiger partial charge in [0.2, 0.25) is 11.8 Å². The second-order valence-corrected chi connectivity index (χ2v) is 7.85. The minimum absolute atomic E-state index is 0.00222. The highest BCUT2D eigenvalue weighted by atomic mass is 35.5. The molecule has 1 N–H and O–H groups in total. The van der Waals surface area contributed by atoms with Gasteiger partial charge >= 0.3 is 0 Å². The number of carbonyl (C=O) groups excluding carboxylic acids is 2. The van der Waals surface area contributed by atoms with E-state index in [9.17, 15) is 9.59 Å². The zero-order chi connectivity index (χ0) is 20.7. The normalized spacial score (nSPS) is 11.9. The zero-order valence-corrected chi connectivity index (χ0v) is 17.9. The van der Waals surface area contributed by atoms with Gasteiger partial charge in [-0.3, -0.25) is 9.59 Å². The predicted molar refractivity (Wildman–Crippen MR) is 115 cm³/mol. The number of nitrogens with zero attached hydrogens (tertiary/aromatic N) is 1. The van der Waals surface area contributed by atoms with E-state index in [1.807, 2.05) is 51.1 Å². The van der Waals surface area contributed by atoms with Crippen LogP contribution in [0.2, 0.25) is 10.0 Å². The molecule has 0 aliphatic rings. The maximum atomic E-state index is 13.2. The van der Waals surface area contributed by atoms with E-state index in [1.54, 1.807) is 23.1 Å². The van der Waals surface area contributed by atoms with E-state index in [1.165, 1.54) is 0 Å². The molecule has 1 atom stereocenters. The van der Waals surface area contributed by atoms with Gasteiger partial charge in [0.05, 0.1) is 6.42 Å². The fourth-order valence-electron chi connectivity index (χ4n) is 2.99. The van der Waals surface area contributed by atoms with Gasteiger partial charge in [0.25, 0.3) is 0 Å². The third kappa shape index (κ3) is 6.25. The maximum absolute atomic E-state index is 13.2. The van der Waals surface area contributed by atoms with E-state index in [0.717, 1.165) is 11.1 Å². The summed E-state index contributed by atoms with van der Waals surface area (Å²) in [6.45, 7) is 6.03. The summed E-state index contributed by atoms with van der Waals surface area (Å²) in [6.07, 6.45) is 0.652. The van der Waals surface area contributed by atoms with Gasteiger partial charge < -0.3 is 10.2 Å². The first kappa shape index (κ1) is 22.3. The van der Waals surface area contributed by atoms with Gasteiger partial charge in [-0.05, 0) is 49.6 Å². The Morgan fingerprint density at radius 1 is 1.04 bits per heavy atom. The smallest absolute Gasteiger partial charge is 0.243 e. The van der Waals surface area contributed by atoms with Gasteiger partial charge in [-0.1, -0.05) is 60.5 Å². The lowest BCUT2D eigenvalue weighted by molar-refractivity contribution is -0.141. The fourth-order valence-corrected chi connectivity index (χ4v) is 3.32. The van der Waals surface area contributed by atoms with Crippen molar-refractivity contribution in [3.05, 3.63) is 69.7 Å². The molecule has 150 valence electrons. The number of hydrogen-bond donors (Lipinski definition) is 1. The van der Waals surface area contributed by atoms with Crippen LogP contribution in [0.25, 0.3) is 0 Å². The van der Waals surface area contributed by atoms with Crippen LogP contribution >= 0.6 is 23.2 Å². The van der Waals surface area contributed by atoms with E-state index in [2.05, 4.69) is 5.32 Å². The lowest BCUT2D eigenvalue weighted by Crippen LogP contribution is -2.50. The topological polar surface area (TPSA) is 49.4 Å². The van der Waals surface area contributed by atoms with Crippen LogP contribution in [0.1, 0.15) is 38.3 Å². The molecular weight excluding hydrogens is 395 g/mol. The van der Waals surface area contributed by atoms with E-state index in [0.29, 0.717) is 23.0 Å². The SMILES string of the molecule is CC[C@H](C(=O)NC(C)C)N(Cc1ccc(Cl)cc1)C(=O)Cc1ccccc1Cl. The first-order valence-electron chi connectivity index (χ1n) is 9.39. The highest BCUT2D eigenvalue weighted by molar-refractivity contribution is 6.31. The van der Waals surface area contributed by atoms with Gasteiger partial charge in [-0.15, -0.1) is 0 Å². The van der Waals surface area contributed by atoms with Crippen LogP contribution in [0.4, 0.5) is 0 Å². The average Bonchev–Trinajstić information content (AvgIpc) is 2.64. The number of benzene rings is 2. The monoisotopic (exact) mass is 420 g/mol. The van der Waals surface area contributed by atoms with Crippen LogP contribution in [-0.4, -0.2) is 28.8 Å². The Balaban J connectivity index is 2.30. The second-order valence-electron chi connectivity index (χ2n) is 7.00. The van der Waals surface area contributed by atoms with Gasteiger partial charge in [-0.2, -0.15) is 0 Å². The third-order valence-corrected chi connectivity index (χ3v) is 5.00. The molecule has 4 nitrogen and oxygen atoms in total. The number of halogens is 2. The van der Waals surface area contributed by atoms with Gasteiger partial charge in [-0.25, -0.2) is 0 Å². The van der Waals surface area contributed by atoms with Crippen LogP contribution in [-0.2, 0) is 22.6 Å². The summed E-state index contributed by atoms with van der Waals surface area (Å²) in [5, 5.41) is 4.09. The molecule has 0 aliphatic heterocycles. The first-order valence-corrected chi connectivity index (χ1v) is 10.1. The van der Waals surface area contributed by atoms with E-state index < -0.39 is 6.04 Å². The van der Waals surface area contributed by atoms with Gasteiger partial charge in [0.1, 0.15) is 6.04 Å². The summed E-state index contributed by atoms with van der Waals surface area (Å²) < 4.78 is 0. The standard InChI is InChI=1S/C22H26Cl2N2O2/c1-4-20(22(28)25-15(2)3)26(14-16-9-11-18(23)12-10-16)21(27)13-17-7-5-6-8-19(17)24/h5-12,15,20H,4,13-14H2,1-3H3,(H,25,28)/t20-/m1/s1. The third-order valence-electron chi connectivity index (χ3n) is 4.38. The van der Waals surface area contributed by atoms with Crippen LogP contribution in [0.15, 0.2) is 48.5 Å². The highest BCUT2D eigenvalue weighted by Gasteiger charge is 2.29. The first-order chi connectivity index (χ1) is 13.3. The molecule has 2 amide bonds. The van der Waals surface area contributed by atoms with Crippen molar-refractivity contribution >= 4 is 35.0 Å². The quantitative estimate of drug-likeness (QED) is 0.661. The molecule has 0 bridgehead atoms. The minimum atomic E-state index is -0.562. The molecule has 0 aromatic heterocycles. The van der Waals surface area contributed by atoms with E-state index >= 15 is 0 Å². The second kappa shape index (κ2) is 10.5. The Bertz CT molecular complexity index is 806. The van der Waals surface area contributed by atoms with Crippen LogP contribution in [0.5, 0.6) is 0 Å². The number of carbonyl (C=O) groups is 2. The Kier molecular flexibility index (Phi) is 8.34. The van der Waals surface area contributed by atoms with Crippen molar-refractivity contribution in [1.29, 1.82) is 0 Å². The Morgan fingerprint density at radius 3 is 2.25 bits per heavy atom. The number of rotatable bonds is 8. The van der Waals surface area contributed by atoms with E-state index in [4.69, 9.17) is 23.2 Å². The molecule has 0 spiro atoms. The maximum Gasteiger partial charge on any atom is 0.243 e. The Labute approximate surface area is 176 Å². The number of amides is 2. The van der Waals surface area contributed by atoms with Crippen LogP contribution < -0.4 is 5.32 Å². The Hall–Kier alpha value is -2.04. The molecular formula is C22H26Cl2N2O2. The molecule has 0 saturated heterocycles. The van der Waals surface area contributed by atoms with Crippen molar-refractivity contribution in [1.82, 2.24) is 10.2 Å². The highest BCUT2D eigenvalue weighted by Crippen LogP contribution is 2.20. The molecule has 28 heavy (non-hydrogen) atoms. The predicted octanol–water partition coefficient (Wildman–Crippen LogP) is 4.87. The van der Waals surface area contributed by atoms with E-state index in [-0.39, 0.29) is 24.3 Å². The molecule has 2 aromatic rings. The summed E-state index contributed by atoms with van der Waals surface area (Å²) in [6, 6.07) is 14.0. The largest absolute Gasteiger partial charge is 0.352 e. The van der Waals surface area contributed by atoms with Crippen molar-refractivity contribution in [3.8, 4) is 0 Å². The molecule has 0 aliphatic carbocycles. The minimum Gasteiger partial charge on any atom is -0.352 e. The summed E-state index contributed by atoms with van der Waals surface area (Å²) in [7, 11) is 0. The lowest BCUT2D eigenvalue weighted by Gasteiger charge is -2.31.